The molecule has 3 rings (SSSR count). The third-order valence-corrected chi connectivity index (χ3v) is 8.20. The Morgan fingerprint density at radius 1 is 1.19 bits per heavy atom. The van der Waals surface area contributed by atoms with Crippen molar-refractivity contribution in [3.8, 4) is 5.75 Å². The van der Waals surface area contributed by atoms with E-state index >= 15 is 0 Å². The summed E-state index contributed by atoms with van der Waals surface area (Å²) in [7, 11) is 1.69. The zero-order chi connectivity index (χ0) is 14.9. The lowest BCUT2D eigenvalue weighted by molar-refractivity contribution is -0.122. The van der Waals surface area contributed by atoms with Crippen LogP contribution in [0.3, 0.4) is 0 Å². The third-order valence-electron chi connectivity index (χ3n) is 4.71. The van der Waals surface area contributed by atoms with Crippen LogP contribution in [0.5, 0.6) is 5.75 Å². The topological polar surface area (TPSA) is 26.3 Å². The van der Waals surface area contributed by atoms with E-state index < -0.39 is 0 Å². The summed E-state index contributed by atoms with van der Waals surface area (Å²) in [5.74, 6) is 3.58. The number of thioether (sulfide) groups is 2. The number of carbonyl (C=O) groups excluding carboxylic acids is 1. The van der Waals surface area contributed by atoms with E-state index in [1.807, 2.05) is 35.7 Å². The molecule has 0 N–H and O–H groups in total. The molecule has 114 valence electrons. The summed E-state index contributed by atoms with van der Waals surface area (Å²) in [5.41, 5.74) is 1.19. The largest absolute Gasteiger partial charge is 0.497 e. The summed E-state index contributed by atoms with van der Waals surface area (Å²) >= 11 is 3.77. The fraction of sp³-hybridized carbons (Fsp3) is 0.588. The Morgan fingerprint density at radius 3 is 2.62 bits per heavy atom. The highest BCUT2D eigenvalue weighted by Crippen LogP contribution is 2.54. The Balaban J connectivity index is 1.83. The van der Waals surface area contributed by atoms with Crippen LogP contribution < -0.4 is 4.74 Å². The van der Waals surface area contributed by atoms with Crippen molar-refractivity contribution in [3.63, 3.8) is 0 Å². The SMILES string of the molecule is COc1cccc([C@@]2(C)CCC3(SCCCS3)C(=O)C2)c1. The molecule has 1 atom stereocenters. The zero-order valence-electron chi connectivity index (χ0n) is 12.7. The van der Waals surface area contributed by atoms with Crippen molar-refractivity contribution < 1.29 is 9.53 Å². The molecule has 1 saturated carbocycles. The molecule has 21 heavy (non-hydrogen) atoms. The van der Waals surface area contributed by atoms with Gasteiger partial charge in [0.2, 0.25) is 0 Å². The summed E-state index contributed by atoms with van der Waals surface area (Å²) in [5, 5.41) is 0. The first kappa shape index (κ1) is 15.3. The van der Waals surface area contributed by atoms with Crippen LogP contribution in [0.2, 0.25) is 0 Å². The second kappa shape index (κ2) is 5.88. The highest BCUT2D eigenvalue weighted by Gasteiger charge is 2.49. The minimum absolute atomic E-state index is 0.0462. The molecule has 2 nitrogen and oxygen atoms in total. The standard InChI is InChI=1S/C17H22O2S2/c1-16(13-5-3-6-14(11-13)19-2)7-8-17(15(18)12-16)20-9-4-10-21-17/h3,5-6,11H,4,7-10,12H2,1-2H3/t16-/m0/s1. The molecule has 1 aromatic carbocycles. The number of ketones is 1. The molecule has 0 radical (unpaired) electrons. The Kier molecular flexibility index (Phi) is 4.28. The molecule has 1 heterocycles. The van der Waals surface area contributed by atoms with Gasteiger partial charge in [-0.15, -0.1) is 23.5 Å². The highest BCUT2D eigenvalue weighted by molar-refractivity contribution is 8.19. The second-order valence-electron chi connectivity index (χ2n) is 6.20. The van der Waals surface area contributed by atoms with Crippen molar-refractivity contribution in [3.05, 3.63) is 29.8 Å². The normalized spacial score (nSPS) is 28.6. The molecular weight excluding hydrogens is 300 g/mol. The van der Waals surface area contributed by atoms with Crippen molar-refractivity contribution in [2.24, 2.45) is 0 Å². The molecule has 1 aliphatic carbocycles. The van der Waals surface area contributed by atoms with Gasteiger partial charge in [-0.05, 0) is 53.9 Å². The number of hydrogen-bond acceptors (Lipinski definition) is 4. The van der Waals surface area contributed by atoms with E-state index in [1.165, 1.54) is 12.0 Å². The molecule has 0 unspecified atom stereocenters. The van der Waals surface area contributed by atoms with Crippen LogP contribution >= 0.6 is 23.5 Å². The van der Waals surface area contributed by atoms with Crippen LogP contribution in [0, 0.1) is 0 Å². The second-order valence-corrected chi connectivity index (χ2v) is 9.24. The minimum Gasteiger partial charge on any atom is -0.497 e. The fourth-order valence-electron chi connectivity index (χ4n) is 3.28. The van der Waals surface area contributed by atoms with Gasteiger partial charge in [0.1, 0.15) is 9.83 Å². The van der Waals surface area contributed by atoms with E-state index in [0.29, 0.717) is 12.2 Å². The molecule has 0 bridgehead atoms. The first-order valence-electron chi connectivity index (χ1n) is 7.54. The van der Waals surface area contributed by atoms with Crippen molar-refractivity contribution in [2.45, 2.75) is 42.1 Å². The van der Waals surface area contributed by atoms with Crippen LogP contribution in [0.15, 0.2) is 24.3 Å². The van der Waals surface area contributed by atoms with Crippen molar-refractivity contribution in [2.75, 3.05) is 18.6 Å². The summed E-state index contributed by atoms with van der Waals surface area (Å²) in [6.45, 7) is 2.23. The van der Waals surface area contributed by atoms with Crippen LogP contribution in [0.1, 0.15) is 38.2 Å². The maximum Gasteiger partial charge on any atom is 0.159 e. The summed E-state index contributed by atoms with van der Waals surface area (Å²) in [4.78, 5) is 12.8. The van der Waals surface area contributed by atoms with Crippen LogP contribution in [-0.2, 0) is 10.2 Å². The van der Waals surface area contributed by atoms with Gasteiger partial charge in [0.15, 0.2) is 5.78 Å². The van der Waals surface area contributed by atoms with Crippen LogP contribution in [-0.4, -0.2) is 28.5 Å². The summed E-state index contributed by atoms with van der Waals surface area (Å²) in [6, 6.07) is 8.21. The maximum atomic E-state index is 12.8. The summed E-state index contributed by atoms with van der Waals surface area (Å²) in [6.07, 6.45) is 3.96. The average molecular weight is 322 g/mol. The quantitative estimate of drug-likeness (QED) is 0.812. The van der Waals surface area contributed by atoms with Gasteiger partial charge >= 0.3 is 0 Å². The Labute approximate surface area is 135 Å². The van der Waals surface area contributed by atoms with Crippen molar-refractivity contribution >= 4 is 29.3 Å². The number of hydrogen-bond donors (Lipinski definition) is 0. The number of Topliss-reactive ketones (excluding diaryl/α,β-unsaturated/α-hetero) is 1. The molecule has 0 aromatic heterocycles. The molecule has 1 saturated heterocycles. The molecular formula is C17H22O2S2. The molecule has 2 fully saturated rings. The summed E-state index contributed by atoms with van der Waals surface area (Å²) < 4.78 is 5.19. The molecule has 1 spiro atoms. The van der Waals surface area contributed by atoms with Gasteiger partial charge in [-0.25, -0.2) is 0 Å². The number of rotatable bonds is 2. The Morgan fingerprint density at radius 2 is 1.95 bits per heavy atom. The highest BCUT2D eigenvalue weighted by atomic mass is 32.2. The lowest BCUT2D eigenvalue weighted by Gasteiger charge is -2.44. The Bertz CT molecular complexity index is 537. The maximum absolute atomic E-state index is 12.8. The minimum atomic E-state index is -0.142. The lowest BCUT2D eigenvalue weighted by Crippen LogP contribution is -2.45. The number of carbonyl (C=O) groups is 1. The van der Waals surface area contributed by atoms with Gasteiger partial charge in [-0.2, -0.15) is 0 Å². The van der Waals surface area contributed by atoms with E-state index in [2.05, 4.69) is 19.1 Å². The number of benzene rings is 1. The third kappa shape index (κ3) is 2.85. The van der Waals surface area contributed by atoms with Gasteiger partial charge in [-0.1, -0.05) is 19.1 Å². The number of methoxy groups -OCH3 is 1. The molecule has 1 aliphatic heterocycles. The average Bonchev–Trinajstić information content (AvgIpc) is 2.53. The zero-order valence-corrected chi connectivity index (χ0v) is 14.3. The van der Waals surface area contributed by atoms with E-state index in [9.17, 15) is 4.79 Å². The molecule has 2 aliphatic rings. The van der Waals surface area contributed by atoms with E-state index in [-0.39, 0.29) is 9.49 Å². The van der Waals surface area contributed by atoms with Gasteiger partial charge in [0.05, 0.1) is 7.11 Å². The van der Waals surface area contributed by atoms with E-state index in [0.717, 1.165) is 30.1 Å². The van der Waals surface area contributed by atoms with E-state index in [4.69, 9.17) is 4.74 Å². The predicted octanol–water partition coefficient (Wildman–Crippen LogP) is 4.27. The van der Waals surface area contributed by atoms with Gasteiger partial charge < -0.3 is 4.74 Å². The smallest absolute Gasteiger partial charge is 0.159 e. The number of ether oxygens (including phenoxy) is 1. The van der Waals surface area contributed by atoms with Gasteiger partial charge in [-0.3, -0.25) is 4.79 Å². The van der Waals surface area contributed by atoms with E-state index in [1.54, 1.807) is 7.11 Å². The van der Waals surface area contributed by atoms with Crippen molar-refractivity contribution in [1.82, 2.24) is 0 Å². The predicted molar refractivity (Wildman–Crippen MR) is 91.5 cm³/mol. The first-order chi connectivity index (χ1) is 10.1. The van der Waals surface area contributed by atoms with Gasteiger partial charge in [0.25, 0.3) is 0 Å². The Hall–Kier alpha value is -0.610. The first-order valence-corrected chi connectivity index (χ1v) is 9.51. The monoisotopic (exact) mass is 322 g/mol. The molecule has 4 heteroatoms. The van der Waals surface area contributed by atoms with Gasteiger partial charge in [0, 0.05) is 6.42 Å². The van der Waals surface area contributed by atoms with Crippen LogP contribution in [0.4, 0.5) is 0 Å². The lowest BCUT2D eigenvalue weighted by atomic mass is 9.70. The molecule has 0 amide bonds. The fourth-order valence-corrected chi connectivity index (χ4v) is 6.49. The van der Waals surface area contributed by atoms with Crippen LogP contribution in [0.25, 0.3) is 0 Å². The molecule has 1 aromatic rings. The van der Waals surface area contributed by atoms with Crippen molar-refractivity contribution in [1.29, 1.82) is 0 Å².